The number of rotatable bonds is 3. The summed E-state index contributed by atoms with van der Waals surface area (Å²) in [6.45, 7) is 5.25. The van der Waals surface area contributed by atoms with E-state index in [2.05, 4.69) is 10.3 Å². The standard InChI is InChI=1S/C21H23N5O3/c1-13-18(14(2)29-23-13)12-25-16-7-6-15(20(25)27)10-24(11-16)21(28)17-9-22-26-8-4-3-5-19(17)26/h3-5,8-9,15-16H,6-7,10-12H2,1-2H3. The van der Waals surface area contributed by atoms with Crippen LogP contribution >= 0.6 is 0 Å². The zero-order valence-electron chi connectivity index (χ0n) is 16.5. The summed E-state index contributed by atoms with van der Waals surface area (Å²) in [5.41, 5.74) is 3.14. The van der Waals surface area contributed by atoms with Crippen LogP contribution in [0.2, 0.25) is 0 Å². The molecule has 0 N–H and O–H groups in total. The molecule has 3 saturated heterocycles. The first kappa shape index (κ1) is 17.9. The molecule has 6 heterocycles. The molecule has 3 aromatic rings. The monoisotopic (exact) mass is 393 g/mol. The van der Waals surface area contributed by atoms with Gasteiger partial charge in [-0.05, 0) is 38.8 Å². The molecular weight excluding hydrogens is 370 g/mol. The van der Waals surface area contributed by atoms with E-state index < -0.39 is 0 Å². The van der Waals surface area contributed by atoms with Crippen molar-refractivity contribution in [3.63, 3.8) is 0 Å². The number of hydrogen-bond acceptors (Lipinski definition) is 5. The lowest BCUT2D eigenvalue weighted by Gasteiger charge is -2.35. The first-order valence-electron chi connectivity index (χ1n) is 9.97. The summed E-state index contributed by atoms with van der Waals surface area (Å²) in [6, 6.07) is 5.67. The van der Waals surface area contributed by atoms with E-state index in [0.29, 0.717) is 25.2 Å². The molecule has 8 nitrogen and oxygen atoms in total. The second-order valence-corrected chi connectivity index (χ2v) is 8.00. The predicted octanol–water partition coefficient (Wildman–Crippen LogP) is 2.20. The van der Waals surface area contributed by atoms with Crippen LogP contribution in [0.15, 0.2) is 35.1 Å². The van der Waals surface area contributed by atoms with Crippen LogP contribution in [-0.2, 0) is 11.3 Å². The van der Waals surface area contributed by atoms with Gasteiger partial charge in [0.25, 0.3) is 5.91 Å². The van der Waals surface area contributed by atoms with Crippen molar-refractivity contribution in [3.8, 4) is 0 Å². The van der Waals surface area contributed by atoms with E-state index in [1.54, 1.807) is 10.7 Å². The third-order valence-electron chi connectivity index (χ3n) is 6.25. The first-order valence-corrected chi connectivity index (χ1v) is 9.97. The molecule has 3 fully saturated rings. The number of pyridine rings is 1. The van der Waals surface area contributed by atoms with Gasteiger partial charge in [-0.25, -0.2) is 4.52 Å². The number of hydrogen-bond donors (Lipinski definition) is 0. The fourth-order valence-corrected chi connectivity index (χ4v) is 4.58. The summed E-state index contributed by atoms with van der Waals surface area (Å²) in [6.07, 6.45) is 5.17. The van der Waals surface area contributed by atoms with E-state index in [9.17, 15) is 9.59 Å². The van der Waals surface area contributed by atoms with Crippen LogP contribution in [-0.4, -0.2) is 55.5 Å². The number of aromatic nitrogens is 3. The summed E-state index contributed by atoms with van der Waals surface area (Å²) < 4.78 is 6.97. The van der Waals surface area contributed by atoms with Crippen LogP contribution in [0, 0.1) is 19.8 Å². The number of carbonyl (C=O) groups is 2. The van der Waals surface area contributed by atoms with Gasteiger partial charge in [-0.1, -0.05) is 11.2 Å². The van der Waals surface area contributed by atoms with Crippen LogP contribution in [0.3, 0.4) is 0 Å². The molecule has 2 unspecified atom stereocenters. The minimum Gasteiger partial charge on any atom is -0.361 e. The molecule has 3 aliphatic heterocycles. The molecule has 2 amide bonds. The van der Waals surface area contributed by atoms with E-state index in [4.69, 9.17) is 4.52 Å². The Morgan fingerprint density at radius 3 is 2.90 bits per heavy atom. The van der Waals surface area contributed by atoms with Gasteiger partial charge in [-0.15, -0.1) is 0 Å². The summed E-state index contributed by atoms with van der Waals surface area (Å²) in [5.74, 6) is 0.640. The SMILES string of the molecule is Cc1noc(C)c1CN1C(=O)C2CCC1CN(C(=O)c1cnn3ccccc13)C2. The Balaban J connectivity index is 1.42. The van der Waals surface area contributed by atoms with Crippen molar-refractivity contribution in [2.45, 2.75) is 39.3 Å². The number of nitrogens with zero attached hydrogens (tertiary/aromatic N) is 5. The lowest BCUT2D eigenvalue weighted by molar-refractivity contribution is -0.140. The Labute approximate surface area is 168 Å². The van der Waals surface area contributed by atoms with Crippen LogP contribution in [0.4, 0.5) is 0 Å². The Bertz CT molecular complexity index is 1080. The highest BCUT2D eigenvalue weighted by molar-refractivity contribution is 6.01. The van der Waals surface area contributed by atoms with Crippen LogP contribution in [0.25, 0.3) is 5.52 Å². The number of fused-ring (bicyclic) bond motifs is 5. The summed E-state index contributed by atoms with van der Waals surface area (Å²) in [4.78, 5) is 30.2. The maximum absolute atomic E-state index is 13.3. The van der Waals surface area contributed by atoms with Crippen molar-refractivity contribution in [1.82, 2.24) is 24.6 Å². The lowest BCUT2D eigenvalue weighted by Crippen LogP contribution is -2.47. The molecule has 6 rings (SSSR count). The molecule has 3 aromatic heterocycles. The van der Waals surface area contributed by atoms with E-state index >= 15 is 0 Å². The van der Waals surface area contributed by atoms with Gasteiger partial charge in [0.2, 0.25) is 5.91 Å². The van der Waals surface area contributed by atoms with E-state index in [0.717, 1.165) is 35.4 Å². The molecule has 0 radical (unpaired) electrons. The number of aryl methyl sites for hydroxylation is 2. The Hall–Kier alpha value is -3.16. The normalized spacial score (nSPS) is 21.8. The number of piperidine rings is 1. The second-order valence-electron chi connectivity index (χ2n) is 8.00. The van der Waals surface area contributed by atoms with Gasteiger partial charge in [0, 0.05) is 30.9 Å². The summed E-state index contributed by atoms with van der Waals surface area (Å²) in [7, 11) is 0. The van der Waals surface area contributed by atoms with Gasteiger partial charge in [0.1, 0.15) is 5.76 Å². The van der Waals surface area contributed by atoms with Crippen molar-refractivity contribution in [3.05, 3.63) is 53.2 Å². The Morgan fingerprint density at radius 2 is 2.10 bits per heavy atom. The van der Waals surface area contributed by atoms with Gasteiger partial charge in [-0.2, -0.15) is 5.10 Å². The van der Waals surface area contributed by atoms with E-state index in [-0.39, 0.29) is 23.8 Å². The van der Waals surface area contributed by atoms with Crippen LogP contribution < -0.4 is 0 Å². The smallest absolute Gasteiger partial charge is 0.257 e. The molecule has 2 atom stereocenters. The molecule has 0 aliphatic carbocycles. The first-order chi connectivity index (χ1) is 14.0. The van der Waals surface area contributed by atoms with E-state index in [1.165, 1.54) is 0 Å². The average molecular weight is 393 g/mol. The zero-order chi connectivity index (χ0) is 20.1. The average Bonchev–Trinajstić information content (AvgIpc) is 3.16. The fourth-order valence-electron chi connectivity index (χ4n) is 4.58. The molecular formula is C21H23N5O3. The maximum Gasteiger partial charge on any atom is 0.257 e. The number of amides is 2. The van der Waals surface area contributed by atoms with Crippen molar-refractivity contribution in [2.24, 2.45) is 5.92 Å². The number of carbonyl (C=O) groups excluding carboxylic acids is 2. The molecule has 0 spiro atoms. The molecule has 0 aromatic carbocycles. The van der Waals surface area contributed by atoms with Crippen molar-refractivity contribution >= 4 is 17.3 Å². The third-order valence-corrected chi connectivity index (χ3v) is 6.25. The highest BCUT2D eigenvalue weighted by atomic mass is 16.5. The molecule has 0 saturated carbocycles. The Kier molecular flexibility index (Phi) is 4.15. The van der Waals surface area contributed by atoms with Crippen LogP contribution in [0.1, 0.15) is 40.2 Å². The van der Waals surface area contributed by atoms with Crippen LogP contribution in [0.5, 0.6) is 0 Å². The van der Waals surface area contributed by atoms with Crippen molar-refractivity contribution < 1.29 is 14.1 Å². The van der Waals surface area contributed by atoms with Gasteiger partial charge in [-0.3, -0.25) is 9.59 Å². The summed E-state index contributed by atoms with van der Waals surface area (Å²) >= 11 is 0. The zero-order valence-corrected chi connectivity index (χ0v) is 16.5. The Morgan fingerprint density at radius 1 is 1.24 bits per heavy atom. The van der Waals surface area contributed by atoms with Crippen molar-refractivity contribution in [2.75, 3.05) is 13.1 Å². The molecule has 2 bridgehead atoms. The van der Waals surface area contributed by atoms with Gasteiger partial charge in [0.05, 0.1) is 35.4 Å². The molecule has 8 heteroatoms. The highest BCUT2D eigenvalue weighted by Crippen LogP contribution is 2.32. The largest absolute Gasteiger partial charge is 0.361 e. The fraction of sp³-hybridized carbons (Fsp3) is 0.429. The molecule has 150 valence electrons. The van der Waals surface area contributed by atoms with Gasteiger partial charge >= 0.3 is 0 Å². The lowest BCUT2D eigenvalue weighted by atomic mass is 9.93. The summed E-state index contributed by atoms with van der Waals surface area (Å²) in [5, 5.41) is 8.30. The molecule has 29 heavy (non-hydrogen) atoms. The minimum absolute atomic E-state index is 0.000684. The van der Waals surface area contributed by atoms with Gasteiger partial charge < -0.3 is 14.3 Å². The highest BCUT2D eigenvalue weighted by Gasteiger charge is 2.42. The minimum atomic E-state index is -0.167. The second kappa shape index (κ2) is 6.72. The topological polar surface area (TPSA) is 84.0 Å². The van der Waals surface area contributed by atoms with Crippen molar-refractivity contribution in [1.29, 1.82) is 0 Å². The molecule has 3 aliphatic rings. The third kappa shape index (κ3) is 2.90. The predicted molar refractivity (Wildman–Crippen MR) is 104 cm³/mol. The van der Waals surface area contributed by atoms with E-state index in [1.807, 2.05) is 48.0 Å². The quantitative estimate of drug-likeness (QED) is 0.681. The maximum atomic E-state index is 13.3. The van der Waals surface area contributed by atoms with Gasteiger partial charge in [0.15, 0.2) is 0 Å².